The third-order valence-electron chi connectivity index (χ3n) is 2.16. The predicted octanol–water partition coefficient (Wildman–Crippen LogP) is 0.182. The molecule has 0 aliphatic carbocycles. The average molecular weight is 268 g/mol. The number of hydrogen-bond donors (Lipinski definition) is 1. The first-order valence-electron chi connectivity index (χ1n) is 5.38. The lowest BCUT2D eigenvalue weighted by molar-refractivity contribution is 0.370. The van der Waals surface area contributed by atoms with Crippen molar-refractivity contribution >= 4 is 10.0 Å². The van der Waals surface area contributed by atoms with Crippen molar-refractivity contribution in [2.45, 2.75) is 17.9 Å². The monoisotopic (exact) mass is 268 g/mol. The van der Waals surface area contributed by atoms with Gasteiger partial charge < -0.3 is 4.90 Å². The molecule has 1 aromatic heterocycles. The van der Waals surface area contributed by atoms with Gasteiger partial charge in [0.15, 0.2) is 0 Å². The van der Waals surface area contributed by atoms with Crippen LogP contribution in [0.4, 0.5) is 0 Å². The first-order valence-corrected chi connectivity index (χ1v) is 6.86. The zero-order valence-corrected chi connectivity index (χ0v) is 11.4. The molecule has 0 aromatic carbocycles. The van der Waals surface area contributed by atoms with Gasteiger partial charge in [0.1, 0.15) is 16.7 Å². The Labute approximate surface area is 107 Å². The SMILES string of the molecule is CC(CN(C)C)NS(=O)(=O)c1ccc(C#N)nc1. The third kappa shape index (κ3) is 4.07. The Morgan fingerprint density at radius 1 is 1.50 bits per heavy atom. The molecule has 7 heteroatoms. The highest BCUT2D eigenvalue weighted by molar-refractivity contribution is 7.89. The molecule has 0 amide bonds. The number of nitrogens with zero attached hydrogens (tertiary/aromatic N) is 3. The Morgan fingerprint density at radius 2 is 2.17 bits per heavy atom. The molecule has 0 aliphatic heterocycles. The molecular weight excluding hydrogens is 252 g/mol. The summed E-state index contributed by atoms with van der Waals surface area (Å²) in [5.74, 6) is 0. The van der Waals surface area contributed by atoms with Crippen molar-refractivity contribution < 1.29 is 8.42 Å². The van der Waals surface area contributed by atoms with Gasteiger partial charge >= 0.3 is 0 Å². The van der Waals surface area contributed by atoms with Crippen LogP contribution in [0.15, 0.2) is 23.2 Å². The summed E-state index contributed by atoms with van der Waals surface area (Å²) in [7, 11) is 0.160. The van der Waals surface area contributed by atoms with Gasteiger partial charge in [0.2, 0.25) is 10.0 Å². The van der Waals surface area contributed by atoms with Crippen LogP contribution in [0.5, 0.6) is 0 Å². The summed E-state index contributed by atoms with van der Waals surface area (Å²) in [6.45, 7) is 2.39. The molecule has 1 atom stereocenters. The first kappa shape index (κ1) is 14.6. The number of nitrogens with one attached hydrogen (secondary N) is 1. The molecule has 0 aliphatic rings. The number of rotatable bonds is 5. The standard InChI is InChI=1S/C11H16N4O2S/c1-9(8-15(2)3)14-18(16,17)11-5-4-10(6-12)13-7-11/h4-5,7,9,14H,8H2,1-3H3. The highest BCUT2D eigenvalue weighted by Crippen LogP contribution is 2.08. The fraction of sp³-hybridized carbons (Fsp3) is 0.455. The van der Waals surface area contributed by atoms with Crippen molar-refractivity contribution in [3.05, 3.63) is 24.0 Å². The van der Waals surface area contributed by atoms with Gasteiger partial charge in [-0.3, -0.25) is 0 Å². The normalized spacial score (nSPS) is 13.3. The molecule has 0 radical (unpaired) electrons. The minimum Gasteiger partial charge on any atom is -0.308 e. The minimum absolute atomic E-state index is 0.0621. The summed E-state index contributed by atoms with van der Waals surface area (Å²) >= 11 is 0. The van der Waals surface area contributed by atoms with Crippen LogP contribution < -0.4 is 4.72 Å². The van der Waals surface area contributed by atoms with E-state index in [1.807, 2.05) is 25.1 Å². The van der Waals surface area contributed by atoms with Crippen LogP contribution in [0, 0.1) is 11.3 Å². The van der Waals surface area contributed by atoms with Crippen LogP contribution in [-0.4, -0.2) is 45.0 Å². The summed E-state index contributed by atoms with van der Waals surface area (Å²) in [5.41, 5.74) is 0.190. The molecule has 0 spiro atoms. The van der Waals surface area contributed by atoms with Gasteiger partial charge in [-0.1, -0.05) is 0 Å². The van der Waals surface area contributed by atoms with E-state index >= 15 is 0 Å². The van der Waals surface area contributed by atoms with Gasteiger partial charge in [-0.2, -0.15) is 5.26 Å². The molecule has 1 aromatic rings. The average Bonchev–Trinajstić information content (AvgIpc) is 2.27. The van der Waals surface area contributed by atoms with Gasteiger partial charge in [-0.05, 0) is 33.2 Å². The number of pyridine rings is 1. The van der Waals surface area contributed by atoms with E-state index in [2.05, 4.69) is 9.71 Å². The van der Waals surface area contributed by atoms with Crippen molar-refractivity contribution in [2.75, 3.05) is 20.6 Å². The number of nitriles is 1. The largest absolute Gasteiger partial charge is 0.308 e. The first-order chi connectivity index (χ1) is 8.35. The van der Waals surface area contributed by atoms with Crippen molar-refractivity contribution in [2.24, 2.45) is 0 Å². The molecule has 1 unspecified atom stereocenters. The molecule has 18 heavy (non-hydrogen) atoms. The highest BCUT2D eigenvalue weighted by atomic mass is 32.2. The Morgan fingerprint density at radius 3 is 2.61 bits per heavy atom. The lowest BCUT2D eigenvalue weighted by Crippen LogP contribution is -2.39. The number of hydrogen-bond acceptors (Lipinski definition) is 5. The molecule has 0 saturated heterocycles. The van der Waals surface area contributed by atoms with Gasteiger partial charge in [-0.15, -0.1) is 0 Å². The van der Waals surface area contributed by atoms with E-state index in [4.69, 9.17) is 5.26 Å². The van der Waals surface area contributed by atoms with E-state index in [0.717, 1.165) is 0 Å². The van der Waals surface area contributed by atoms with Gasteiger partial charge in [0.25, 0.3) is 0 Å². The zero-order valence-electron chi connectivity index (χ0n) is 10.6. The number of sulfonamides is 1. The summed E-state index contributed by atoms with van der Waals surface area (Å²) in [5, 5.41) is 8.59. The predicted molar refractivity (Wildman–Crippen MR) is 67.3 cm³/mol. The molecule has 1 rings (SSSR count). The molecule has 0 saturated carbocycles. The fourth-order valence-corrected chi connectivity index (χ4v) is 2.70. The minimum atomic E-state index is -3.58. The van der Waals surface area contributed by atoms with Crippen LogP contribution >= 0.6 is 0 Å². The molecular formula is C11H16N4O2S. The third-order valence-corrected chi connectivity index (χ3v) is 3.73. The Balaban J connectivity index is 2.83. The fourth-order valence-electron chi connectivity index (χ4n) is 1.52. The van der Waals surface area contributed by atoms with Crippen LogP contribution in [0.1, 0.15) is 12.6 Å². The smallest absolute Gasteiger partial charge is 0.242 e. The van der Waals surface area contributed by atoms with Crippen molar-refractivity contribution in [1.29, 1.82) is 5.26 Å². The lowest BCUT2D eigenvalue weighted by Gasteiger charge is -2.18. The highest BCUT2D eigenvalue weighted by Gasteiger charge is 2.18. The van der Waals surface area contributed by atoms with E-state index in [1.54, 1.807) is 6.92 Å². The molecule has 0 bridgehead atoms. The topological polar surface area (TPSA) is 86.1 Å². The molecule has 1 N–H and O–H groups in total. The van der Waals surface area contributed by atoms with Gasteiger partial charge in [0, 0.05) is 18.8 Å². The summed E-state index contributed by atoms with van der Waals surface area (Å²) in [6, 6.07) is 4.38. The van der Waals surface area contributed by atoms with E-state index in [1.165, 1.54) is 18.3 Å². The molecule has 0 fully saturated rings. The summed E-state index contributed by atoms with van der Waals surface area (Å²) in [6.07, 6.45) is 1.18. The molecule has 1 heterocycles. The lowest BCUT2D eigenvalue weighted by atomic mass is 10.3. The zero-order chi connectivity index (χ0) is 13.8. The van der Waals surface area contributed by atoms with Crippen molar-refractivity contribution in [1.82, 2.24) is 14.6 Å². The van der Waals surface area contributed by atoms with Crippen molar-refractivity contribution in [3.63, 3.8) is 0 Å². The quantitative estimate of drug-likeness (QED) is 0.823. The van der Waals surface area contributed by atoms with E-state index in [-0.39, 0.29) is 16.6 Å². The van der Waals surface area contributed by atoms with Crippen LogP contribution in [-0.2, 0) is 10.0 Å². The van der Waals surface area contributed by atoms with Gasteiger partial charge in [-0.25, -0.2) is 18.1 Å². The van der Waals surface area contributed by atoms with Crippen LogP contribution in [0.2, 0.25) is 0 Å². The van der Waals surface area contributed by atoms with Crippen molar-refractivity contribution in [3.8, 4) is 6.07 Å². The second-order valence-corrected chi connectivity index (χ2v) is 5.99. The number of likely N-dealkylation sites (N-methyl/N-ethyl adjacent to an activating group) is 1. The van der Waals surface area contributed by atoms with Gasteiger partial charge in [0.05, 0.1) is 0 Å². The maximum absolute atomic E-state index is 12.0. The molecule has 98 valence electrons. The van der Waals surface area contributed by atoms with Crippen LogP contribution in [0.3, 0.4) is 0 Å². The van der Waals surface area contributed by atoms with E-state index < -0.39 is 10.0 Å². The summed E-state index contributed by atoms with van der Waals surface area (Å²) < 4.78 is 26.5. The van der Waals surface area contributed by atoms with E-state index in [9.17, 15) is 8.42 Å². The maximum Gasteiger partial charge on any atom is 0.242 e. The van der Waals surface area contributed by atoms with Crippen LogP contribution in [0.25, 0.3) is 0 Å². The Bertz CT molecular complexity index is 531. The Kier molecular flexibility index (Phi) is 4.78. The molecule has 6 nitrogen and oxygen atoms in total. The summed E-state index contributed by atoms with van der Waals surface area (Å²) in [4.78, 5) is 5.70. The Hall–Kier alpha value is -1.49. The van der Waals surface area contributed by atoms with E-state index in [0.29, 0.717) is 6.54 Å². The maximum atomic E-state index is 12.0. The second-order valence-electron chi connectivity index (χ2n) is 4.28. The second kappa shape index (κ2) is 5.91. The number of aromatic nitrogens is 1.